The first-order valence-electron chi connectivity index (χ1n) is 8.24. The van der Waals surface area contributed by atoms with Gasteiger partial charge in [0.15, 0.2) is 11.5 Å². The molecule has 2 aromatic rings. The van der Waals surface area contributed by atoms with Gasteiger partial charge < -0.3 is 14.4 Å². The van der Waals surface area contributed by atoms with Gasteiger partial charge in [0, 0.05) is 13.6 Å². The number of hydrogen-bond acceptors (Lipinski definition) is 7. The molecule has 1 fully saturated rings. The second-order valence-corrected chi connectivity index (χ2v) is 7.10. The van der Waals surface area contributed by atoms with Crippen LogP contribution in [0.4, 0.5) is 0 Å². The van der Waals surface area contributed by atoms with Gasteiger partial charge in [-0.2, -0.15) is 0 Å². The standard InChI is InChI=1S/C16H19N5O3S/c1-20(9-11-2-5-13-14(8-11)24-7-6-23-13)15(22)10-25-16-17-18-19-21(16)12-3-4-12/h2,5,8,12H,3-4,6-7,9-10H2,1H3. The van der Waals surface area contributed by atoms with Crippen molar-refractivity contribution in [2.24, 2.45) is 0 Å². The number of rotatable bonds is 6. The van der Waals surface area contributed by atoms with Crippen molar-refractivity contribution in [3.8, 4) is 11.5 Å². The van der Waals surface area contributed by atoms with Crippen molar-refractivity contribution in [1.82, 2.24) is 25.1 Å². The molecule has 2 aliphatic rings. The molecule has 8 nitrogen and oxygen atoms in total. The highest BCUT2D eigenvalue weighted by Gasteiger charge is 2.28. The zero-order valence-corrected chi connectivity index (χ0v) is 14.7. The number of carbonyl (C=O) groups excluding carboxylic acids is 1. The lowest BCUT2D eigenvalue weighted by Crippen LogP contribution is -2.28. The lowest BCUT2D eigenvalue weighted by Gasteiger charge is -2.21. The number of nitrogens with zero attached hydrogens (tertiary/aromatic N) is 5. The summed E-state index contributed by atoms with van der Waals surface area (Å²) in [5, 5.41) is 12.4. The van der Waals surface area contributed by atoms with Crippen LogP contribution in [-0.2, 0) is 11.3 Å². The van der Waals surface area contributed by atoms with E-state index in [1.807, 2.05) is 22.9 Å². The van der Waals surface area contributed by atoms with Crippen molar-refractivity contribution in [2.75, 3.05) is 26.0 Å². The Hall–Kier alpha value is -2.29. The van der Waals surface area contributed by atoms with E-state index in [9.17, 15) is 4.79 Å². The Morgan fingerprint density at radius 2 is 2.12 bits per heavy atom. The summed E-state index contributed by atoms with van der Waals surface area (Å²) in [6.07, 6.45) is 2.22. The molecule has 0 atom stereocenters. The molecule has 1 aromatic carbocycles. The molecule has 1 aliphatic heterocycles. The molecule has 25 heavy (non-hydrogen) atoms. The number of aromatic nitrogens is 4. The maximum atomic E-state index is 12.4. The molecule has 4 rings (SSSR count). The number of tetrazole rings is 1. The summed E-state index contributed by atoms with van der Waals surface area (Å²) in [7, 11) is 1.80. The number of carbonyl (C=O) groups is 1. The van der Waals surface area contributed by atoms with E-state index >= 15 is 0 Å². The SMILES string of the molecule is CN(Cc1ccc2c(c1)OCCO2)C(=O)CSc1nnnn1C1CC1. The Morgan fingerprint density at radius 3 is 2.92 bits per heavy atom. The van der Waals surface area contributed by atoms with Gasteiger partial charge in [-0.05, 0) is 41.0 Å². The molecule has 0 bridgehead atoms. The first kappa shape index (κ1) is 16.2. The summed E-state index contributed by atoms with van der Waals surface area (Å²) in [6.45, 7) is 1.64. The quantitative estimate of drug-likeness (QED) is 0.722. The summed E-state index contributed by atoms with van der Waals surface area (Å²) in [6, 6.07) is 6.18. The Kier molecular flexibility index (Phi) is 4.48. The minimum atomic E-state index is 0.0326. The average molecular weight is 361 g/mol. The molecule has 132 valence electrons. The molecular weight excluding hydrogens is 342 g/mol. The molecule has 0 unspecified atom stereocenters. The highest BCUT2D eigenvalue weighted by Crippen LogP contribution is 2.36. The monoisotopic (exact) mass is 361 g/mol. The minimum Gasteiger partial charge on any atom is -0.486 e. The third-order valence-corrected chi connectivity index (χ3v) is 5.05. The van der Waals surface area contributed by atoms with Gasteiger partial charge in [0.1, 0.15) is 13.2 Å². The predicted octanol–water partition coefficient (Wildman–Crippen LogP) is 1.53. The zero-order chi connectivity index (χ0) is 17.2. The zero-order valence-electron chi connectivity index (χ0n) is 13.9. The van der Waals surface area contributed by atoms with E-state index in [0.717, 1.165) is 29.9 Å². The second kappa shape index (κ2) is 6.91. The maximum absolute atomic E-state index is 12.4. The molecule has 0 saturated heterocycles. The van der Waals surface area contributed by atoms with Crippen molar-refractivity contribution in [3.63, 3.8) is 0 Å². The fourth-order valence-corrected chi connectivity index (χ4v) is 3.50. The molecule has 1 aliphatic carbocycles. The van der Waals surface area contributed by atoms with E-state index in [4.69, 9.17) is 9.47 Å². The third-order valence-electron chi connectivity index (χ3n) is 4.13. The third kappa shape index (κ3) is 3.71. The molecule has 0 N–H and O–H groups in total. The van der Waals surface area contributed by atoms with E-state index in [1.54, 1.807) is 11.9 Å². The van der Waals surface area contributed by atoms with Crippen molar-refractivity contribution in [2.45, 2.75) is 30.6 Å². The average Bonchev–Trinajstić information content (AvgIpc) is 3.37. The van der Waals surface area contributed by atoms with Gasteiger partial charge in [-0.3, -0.25) is 4.79 Å². The fourth-order valence-electron chi connectivity index (χ4n) is 2.61. The second-order valence-electron chi connectivity index (χ2n) is 6.15. The summed E-state index contributed by atoms with van der Waals surface area (Å²) in [5.74, 6) is 1.84. The van der Waals surface area contributed by atoms with Gasteiger partial charge >= 0.3 is 0 Å². The number of fused-ring (bicyclic) bond motifs is 1. The van der Waals surface area contributed by atoms with E-state index in [-0.39, 0.29) is 5.91 Å². The van der Waals surface area contributed by atoms with Crippen molar-refractivity contribution in [1.29, 1.82) is 0 Å². The van der Waals surface area contributed by atoms with Crippen LogP contribution < -0.4 is 9.47 Å². The minimum absolute atomic E-state index is 0.0326. The molecular formula is C16H19N5O3S. The molecule has 0 radical (unpaired) electrons. The van der Waals surface area contributed by atoms with E-state index in [2.05, 4.69) is 15.5 Å². The highest BCUT2D eigenvalue weighted by atomic mass is 32.2. The number of thioether (sulfide) groups is 1. The van der Waals surface area contributed by atoms with Crippen LogP contribution in [0.2, 0.25) is 0 Å². The predicted molar refractivity (Wildman–Crippen MR) is 90.7 cm³/mol. The van der Waals surface area contributed by atoms with Crippen molar-refractivity contribution >= 4 is 17.7 Å². The first-order chi connectivity index (χ1) is 12.2. The Morgan fingerprint density at radius 1 is 1.32 bits per heavy atom. The van der Waals surface area contributed by atoms with E-state index in [0.29, 0.717) is 36.7 Å². The van der Waals surface area contributed by atoms with Crippen LogP contribution in [0.15, 0.2) is 23.4 Å². The topological polar surface area (TPSA) is 82.4 Å². The fraction of sp³-hybridized carbons (Fsp3) is 0.500. The van der Waals surface area contributed by atoms with Crippen LogP contribution in [-0.4, -0.2) is 57.0 Å². The highest BCUT2D eigenvalue weighted by molar-refractivity contribution is 7.99. The number of benzene rings is 1. The Balaban J connectivity index is 1.33. The Labute approximate surface area is 149 Å². The molecule has 1 aromatic heterocycles. The van der Waals surface area contributed by atoms with Crippen LogP contribution >= 0.6 is 11.8 Å². The van der Waals surface area contributed by atoms with Crippen molar-refractivity contribution in [3.05, 3.63) is 23.8 Å². The van der Waals surface area contributed by atoms with Gasteiger partial charge in [0.25, 0.3) is 0 Å². The molecule has 2 heterocycles. The molecule has 9 heteroatoms. The Bertz CT molecular complexity index is 777. The van der Waals surface area contributed by atoms with E-state index < -0.39 is 0 Å². The van der Waals surface area contributed by atoms with Gasteiger partial charge in [0.2, 0.25) is 11.1 Å². The van der Waals surface area contributed by atoms with Crippen molar-refractivity contribution < 1.29 is 14.3 Å². The smallest absolute Gasteiger partial charge is 0.233 e. The molecule has 0 spiro atoms. The van der Waals surface area contributed by atoms with Crippen LogP contribution in [0, 0.1) is 0 Å². The molecule has 1 amide bonds. The van der Waals surface area contributed by atoms with Crippen LogP contribution in [0.25, 0.3) is 0 Å². The van der Waals surface area contributed by atoms with Gasteiger partial charge in [-0.15, -0.1) is 5.10 Å². The summed E-state index contributed by atoms with van der Waals surface area (Å²) >= 11 is 1.38. The first-order valence-corrected chi connectivity index (χ1v) is 9.22. The van der Waals surface area contributed by atoms with Crippen LogP contribution in [0.3, 0.4) is 0 Å². The maximum Gasteiger partial charge on any atom is 0.233 e. The summed E-state index contributed by atoms with van der Waals surface area (Å²) < 4.78 is 12.9. The van der Waals surface area contributed by atoms with Crippen LogP contribution in [0.1, 0.15) is 24.4 Å². The van der Waals surface area contributed by atoms with E-state index in [1.165, 1.54) is 11.8 Å². The lowest BCUT2D eigenvalue weighted by molar-refractivity contribution is -0.127. The van der Waals surface area contributed by atoms with Crippen LogP contribution in [0.5, 0.6) is 11.5 Å². The van der Waals surface area contributed by atoms with Gasteiger partial charge in [0.05, 0.1) is 11.8 Å². The number of ether oxygens (including phenoxy) is 2. The lowest BCUT2D eigenvalue weighted by atomic mass is 10.2. The van der Waals surface area contributed by atoms with Gasteiger partial charge in [-0.25, -0.2) is 4.68 Å². The number of hydrogen-bond donors (Lipinski definition) is 0. The number of amides is 1. The largest absolute Gasteiger partial charge is 0.486 e. The van der Waals surface area contributed by atoms with Gasteiger partial charge in [-0.1, -0.05) is 17.8 Å². The normalized spacial score (nSPS) is 15.9. The summed E-state index contributed by atoms with van der Waals surface area (Å²) in [5.41, 5.74) is 1.01. The summed E-state index contributed by atoms with van der Waals surface area (Å²) in [4.78, 5) is 14.1. The molecule has 1 saturated carbocycles.